The number of pyridine rings is 1. The zero-order valence-electron chi connectivity index (χ0n) is 12.0. The van der Waals surface area contributed by atoms with E-state index in [-0.39, 0.29) is 17.7 Å². The first kappa shape index (κ1) is 13.6. The second kappa shape index (κ2) is 5.20. The van der Waals surface area contributed by atoms with Crippen molar-refractivity contribution >= 4 is 17.5 Å². The summed E-state index contributed by atoms with van der Waals surface area (Å²) < 4.78 is 1.89. The van der Waals surface area contributed by atoms with Gasteiger partial charge in [0.2, 0.25) is 5.91 Å². The van der Waals surface area contributed by atoms with Gasteiger partial charge in [0.05, 0.1) is 5.69 Å². The van der Waals surface area contributed by atoms with Crippen molar-refractivity contribution in [3.8, 4) is 0 Å². The number of carbonyl (C=O) groups excluding carboxylic acids is 2. The van der Waals surface area contributed by atoms with Crippen molar-refractivity contribution in [3.63, 3.8) is 0 Å². The molecule has 0 atom stereocenters. The number of fused-ring (bicyclic) bond motifs is 1. The fourth-order valence-electron chi connectivity index (χ4n) is 2.79. The molecule has 1 saturated heterocycles. The van der Waals surface area contributed by atoms with Crippen molar-refractivity contribution < 1.29 is 9.59 Å². The number of aryl methyl sites for hydroxylation is 1. The molecule has 110 valence electrons. The van der Waals surface area contributed by atoms with Gasteiger partial charge in [0.1, 0.15) is 5.65 Å². The number of rotatable bonds is 2. The number of carbonyl (C=O) groups is 2. The van der Waals surface area contributed by atoms with Gasteiger partial charge in [0.25, 0.3) is 5.91 Å². The quantitative estimate of drug-likeness (QED) is 0.893. The Kier molecular flexibility index (Phi) is 3.37. The third-order valence-corrected chi connectivity index (χ3v) is 4.01. The minimum atomic E-state index is -0.267. The van der Waals surface area contributed by atoms with Crippen molar-refractivity contribution in [2.45, 2.75) is 19.8 Å². The number of hydrogen-bond donors (Lipinski definition) is 1. The van der Waals surface area contributed by atoms with Crippen LogP contribution in [-0.4, -0.2) is 39.2 Å². The van der Waals surface area contributed by atoms with E-state index in [2.05, 4.69) is 4.98 Å². The molecule has 0 aliphatic carbocycles. The van der Waals surface area contributed by atoms with Gasteiger partial charge in [0, 0.05) is 37.0 Å². The lowest BCUT2D eigenvalue weighted by atomic mass is 9.96. The van der Waals surface area contributed by atoms with E-state index in [9.17, 15) is 9.59 Å². The number of piperidine rings is 1. The average molecular weight is 286 g/mol. The maximum atomic E-state index is 12.5. The maximum absolute atomic E-state index is 12.5. The Labute approximate surface area is 122 Å². The summed E-state index contributed by atoms with van der Waals surface area (Å²) in [6.45, 7) is 3.07. The molecule has 0 unspecified atom stereocenters. The molecule has 0 bridgehead atoms. The predicted molar refractivity (Wildman–Crippen MR) is 77.8 cm³/mol. The SMILES string of the molecule is Cc1cn2ccc(C(=O)N3CCC(C(N)=O)CC3)cc2n1. The standard InChI is InChI=1S/C15H18N4O2/c1-10-9-19-7-4-12(8-13(19)17-10)15(21)18-5-2-11(3-6-18)14(16)20/h4,7-9,11H,2-3,5-6H2,1H3,(H2,16,20). The summed E-state index contributed by atoms with van der Waals surface area (Å²) in [5.41, 5.74) is 7.63. The summed E-state index contributed by atoms with van der Waals surface area (Å²) in [5.74, 6) is -0.385. The van der Waals surface area contributed by atoms with Crippen molar-refractivity contribution in [3.05, 3.63) is 35.8 Å². The molecule has 1 fully saturated rings. The number of primary amides is 1. The van der Waals surface area contributed by atoms with Crippen LogP contribution in [0.15, 0.2) is 24.5 Å². The smallest absolute Gasteiger partial charge is 0.254 e. The Morgan fingerprint density at radius 2 is 2.05 bits per heavy atom. The van der Waals surface area contributed by atoms with Crippen LogP contribution in [0, 0.1) is 12.8 Å². The molecular weight excluding hydrogens is 268 g/mol. The molecule has 0 aromatic carbocycles. The van der Waals surface area contributed by atoms with Gasteiger partial charge in [-0.05, 0) is 31.9 Å². The van der Waals surface area contributed by atoms with E-state index in [4.69, 9.17) is 5.73 Å². The van der Waals surface area contributed by atoms with Crippen LogP contribution in [0.5, 0.6) is 0 Å². The van der Waals surface area contributed by atoms with Crippen LogP contribution in [0.4, 0.5) is 0 Å². The van der Waals surface area contributed by atoms with Gasteiger partial charge in [-0.3, -0.25) is 9.59 Å². The Balaban J connectivity index is 1.76. The first-order chi connectivity index (χ1) is 10.0. The molecule has 2 N–H and O–H groups in total. The summed E-state index contributed by atoms with van der Waals surface area (Å²) in [4.78, 5) is 29.8. The molecule has 6 nitrogen and oxygen atoms in total. The van der Waals surface area contributed by atoms with Gasteiger partial charge in [-0.25, -0.2) is 4.98 Å². The lowest BCUT2D eigenvalue weighted by molar-refractivity contribution is -0.123. The summed E-state index contributed by atoms with van der Waals surface area (Å²) in [7, 11) is 0. The molecule has 3 rings (SSSR count). The molecule has 0 spiro atoms. The van der Waals surface area contributed by atoms with E-state index in [0.29, 0.717) is 31.5 Å². The third-order valence-electron chi connectivity index (χ3n) is 4.01. The monoisotopic (exact) mass is 286 g/mol. The number of hydrogen-bond acceptors (Lipinski definition) is 3. The second-order valence-corrected chi connectivity index (χ2v) is 5.53. The van der Waals surface area contributed by atoms with Crippen LogP contribution in [0.2, 0.25) is 0 Å². The molecule has 0 saturated carbocycles. The summed E-state index contributed by atoms with van der Waals surface area (Å²) in [6.07, 6.45) is 5.05. The van der Waals surface area contributed by atoms with Crippen molar-refractivity contribution in [2.75, 3.05) is 13.1 Å². The maximum Gasteiger partial charge on any atom is 0.254 e. The Morgan fingerprint density at radius 1 is 1.33 bits per heavy atom. The van der Waals surface area contributed by atoms with Crippen molar-refractivity contribution in [2.24, 2.45) is 11.7 Å². The van der Waals surface area contributed by atoms with E-state index >= 15 is 0 Å². The molecule has 3 heterocycles. The van der Waals surface area contributed by atoms with Gasteiger partial charge in [-0.2, -0.15) is 0 Å². The Bertz CT molecular complexity index is 699. The lowest BCUT2D eigenvalue weighted by Gasteiger charge is -2.30. The molecule has 1 aliphatic rings. The summed E-state index contributed by atoms with van der Waals surface area (Å²) >= 11 is 0. The van der Waals surface area contributed by atoms with Gasteiger partial charge in [-0.1, -0.05) is 0 Å². The zero-order chi connectivity index (χ0) is 15.0. The number of likely N-dealkylation sites (tertiary alicyclic amines) is 1. The normalized spacial score (nSPS) is 16.3. The van der Waals surface area contributed by atoms with E-state index < -0.39 is 0 Å². The lowest BCUT2D eigenvalue weighted by Crippen LogP contribution is -2.41. The number of imidazole rings is 1. The van der Waals surface area contributed by atoms with Gasteiger partial charge in [-0.15, -0.1) is 0 Å². The fraction of sp³-hybridized carbons (Fsp3) is 0.400. The number of aromatic nitrogens is 2. The molecule has 1 aliphatic heterocycles. The first-order valence-electron chi connectivity index (χ1n) is 7.08. The van der Waals surface area contributed by atoms with Gasteiger partial charge < -0.3 is 15.0 Å². The molecule has 6 heteroatoms. The van der Waals surface area contributed by atoms with Crippen molar-refractivity contribution in [1.82, 2.24) is 14.3 Å². The molecule has 2 aromatic rings. The molecule has 2 aromatic heterocycles. The fourth-order valence-corrected chi connectivity index (χ4v) is 2.79. The minimum Gasteiger partial charge on any atom is -0.369 e. The largest absolute Gasteiger partial charge is 0.369 e. The Hall–Kier alpha value is -2.37. The highest BCUT2D eigenvalue weighted by molar-refractivity contribution is 5.95. The second-order valence-electron chi connectivity index (χ2n) is 5.53. The molecule has 2 amide bonds. The molecular formula is C15H18N4O2. The minimum absolute atomic E-state index is 0.0129. The molecule has 21 heavy (non-hydrogen) atoms. The summed E-state index contributed by atoms with van der Waals surface area (Å²) in [6, 6.07) is 3.60. The highest BCUT2D eigenvalue weighted by atomic mass is 16.2. The topological polar surface area (TPSA) is 80.7 Å². The third kappa shape index (κ3) is 2.61. The van der Waals surface area contributed by atoms with Crippen LogP contribution in [0.25, 0.3) is 5.65 Å². The van der Waals surface area contributed by atoms with Gasteiger partial charge >= 0.3 is 0 Å². The van der Waals surface area contributed by atoms with Gasteiger partial charge in [0.15, 0.2) is 0 Å². The first-order valence-corrected chi connectivity index (χ1v) is 7.08. The highest BCUT2D eigenvalue weighted by Crippen LogP contribution is 2.19. The Morgan fingerprint density at radius 3 is 2.71 bits per heavy atom. The van der Waals surface area contributed by atoms with Crippen LogP contribution >= 0.6 is 0 Å². The van der Waals surface area contributed by atoms with Crippen LogP contribution < -0.4 is 5.73 Å². The van der Waals surface area contributed by atoms with E-state index in [1.165, 1.54) is 0 Å². The average Bonchev–Trinajstić information content (AvgIpc) is 2.85. The van der Waals surface area contributed by atoms with E-state index in [1.807, 2.05) is 23.7 Å². The van der Waals surface area contributed by atoms with E-state index in [1.54, 1.807) is 17.0 Å². The number of amides is 2. The number of nitrogens with two attached hydrogens (primary N) is 1. The van der Waals surface area contributed by atoms with Crippen LogP contribution in [-0.2, 0) is 4.79 Å². The zero-order valence-corrected chi connectivity index (χ0v) is 12.0. The highest BCUT2D eigenvalue weighted by Gasteiger charge is 2.26. The van der Waals surface area contributed by atoms with E-state index in [0.717, 1.165) is 11.3 Å². The van der Waals surface area contributed by atoms with Crippen molar-refractivity contribution in [1.29, 1.82) is 0 Å². The predicted octanol–water partition coefficient (Wildman–Crippen LogP) is 0.980. The van der Waals surface area contributed by atoms with Crippen LogP contribution in [0.3, 0.4) is 0 Å². The van der Waals surface area contributed by atoms with Crippen LogP contribution in [0.1, 0.15) is 28.9 Å². The molecule has 0 radical (unpaired) electrons. The number of nitrogens with zero attached hydrogens (tertiary/aromatic N) is 3. The summed E-state index contributed by atoms with van der Waals surface area (Å²) in [5, 5.41) is 0.